The maximum absolute atomic E-state index is 5.63. The second kappa shape index (κ2) is 8.77. The van der Waals surface area contributed by atoms with Crippen molar-refractivity contribution in [2.75, 3.05) is 40.4 Å². The Morgan fingerprint density at radius 3 is 2.50 bits per heavy atom. The summed E-state index contributed by atoms with van der Waals surface area (Å²) in [5.74, 6) is 2.49. The van der Waals surface area contributed by atoms with Crippen molar-refractivity contribution in [2.45, 2.75) is 13.1 Å². The Kier molecular flexibility index (Phi) is 5.95. The van der Waals surface area contributed by atoms with Gasteiger partial charge < -0.3 is 13.9 Å². The van der Waals surface area contributed by atoms with Crippen LogP contribution in [0.25, 0.3) is 10.8 Å². The average molecular weight is 400 g/mol. The van der Waals surface area contributed by atoms with Gasteiger partial charge in [-0.25, -0.2) is 4.98 Å². The van der Waals surface area contributed by atoms with Crippen molar-refractivity contribution < 1.29 is 13.9 Å². The average Bonchev–Trinajstić information content (AvgIpc) is 3.41. The van der Waals surface area contributed by atoms with Gasteiger partial charge in [0.2, 0.25) is 5.89 Å². The minimum absolute atomic E-state index is 0.716. The number of rotatable bonds is 7. The van der Waals surface area contributed by atoms with Crippen molar-refractivity contribution in [2.24, 2.45) is 0 Å². The Morgan fingerprint density at radius 1 is 1.04 bits per heavy atom. The second-order valence-corrected chi connectivity index (χ2v) is 7.80. The van der Waals surface area contributed by atoms with Crippen LogP contribution in [0.3, 0.4) is 0 Å². The molecule has 1 aromatic carbocycles. The molecule has 0 atom stereocenters. The van der Waals surface area contributed by atoms with Crippen molar-refractivity contribution in [3.63, 3.8) is 0 Å². The third kappa shape index (κ3) is 4.38. The van der Waals surface area contributed by atoms with Gasteiger partial charge in [0.05, 0.1) is 24.8 Å². The van der Waals surface area contributed by atoms with Crippen LogP contribution in [0.1, 0.15) is 11.3 Å². The van der Waals surface area contributed by atoms with Crippen LogP contribution in [-0.2, 0) is 13.1 Å². The summed E-state index contributed by atoms with van der Waals surface area (Å²) in [6, 6.07) is 10.0. The van der Waals surface area contributed by atoms with Crippen LogP contribution in [0.2, 0.25) is 0 Å². The maximum Gasteiger partial charge on any atom is 0.236 e. The lowest BCUT2D eigenvalue weighted by atomic mass is 10.1. The molecule has 4 rings (SSSR count). The molecule has 1 saturated heterocycles. The first-order chi connectivity index (χ1) is 13.7. The van der Waals surface area contributed by atoms with Crippen molar-refractivity contribution in [3.05, 3.63) is 53.2 Å². The fraction of sp³-hybridized carbons (Fsp3) is 0.381. The van der Waals surface area contributed by atoms with E-state index in [1.165, 1.54) is 0 Å². The Balaban J connectivity index is 1.31. The molecule has 28 heavy (non-hydrogen) atoms. The quantitative estimate of drug-likeness (QED) is 0.603. The molecule has 0 amide bonds. The molecule has 3 heterocycles. The van der Waals surface area contributed by atoms with Gasteiger partial charge in [-0.1, -0.05) is 6.07 Å². The standard InChI is InChI=1S/C21H25N3O3S/c1-25-18-5-6-19(26-2)16(12-18)13-23-7-9-24(10-8-23)14-17-15-27-21(22-17)20-4-3-11-28-20/h3-6,11-12,15H,7-10,13-14H2,1-2H3. The monoisotopic (exact) mass is 399 g/mol. The van der Waals surface area contributed by atoms with E-state index in [0.29, 0.717) is 5.89 Å². The van der Waals surface area contributed by atoms with Gasteiger partial charge in [-0.15, -0.1) is 11.3 Å². The minimum Gasteiger partial charge on any atom is -0.497 e. The molecule has 3 aromatic rings. The van der Waals surface area contributed by atoms with Crippen molar-refractivity contribution in [3.8, 4) is 22.3 Å². The highest BCUT2D eigenvalue weighted by Gasteiger charge is 2.20. The largest absolute Gasteiger partial charge is 0.497 e. The summed E-state index contributed by atoms with van der Waals surface area (Å²) in [5, 5.41) is 2.04. The molecule has 0 unspecified atom stereocenters. The molecule has 0 radical (unpaired) electrons. The van der Waals surface area contributed by atoms with Crippen LogP contribution in [0, 0.1) is 0 Å². The molecule has 1 fully saturated rings. The van der Waals surface area contributed by atoms with Gasteiger partial charge in [0, 0.05) is 44.8 Å². The lowest BCUT2D eigenvalue weighted by molar-refractivity contribution is 0.120. The van der Waals surface area contributed by atoms with Gasteiger partial charge in [-0.3, -0.25) is 9.80 Å². The summed E-state index contributed by atoms with van der Waals surface area (Å²) in [6.07, 6.45) is 1.78. The number of methoxy groups -OCH3 is 2. The van der Waals surface area contributed by atoms with Crippen molar-refractivity contribution in [1.82, 2.24) is 14.8 Å². The number of nitrogens with zero attached hydrogens (tertiary/aromatic N) is 3. The van der Waals surface area contributed by atoms with E-state index < -0.39 is 0 Å². The summed E-state index contributed by atoms with van der Waals surface area (Å²) >= 11 is 1.65. The Hall–Kier alpha value is -2.35. The zero-order valence-electron chi connectivity index (χ0n) is 16.3. The molecule has 148 valence electrons. The zero-order valence-corrected chi connectivity index (χ0v) is 17.1. The molecule has 0 bridgehead atoms. The predicted molar refractivity (Wildman–Crippen MR) is 110 cm³/mol. The van der Waals surface area contributed by atoms with Crippen LogP contribution >= 0.6 is 11.3 Å². The number of ether oxygens (including phenoxy) is 2. The third-order valence-electron chi connectivity index (χ3n) is 5.02. The molecule has 6 nitrogen and oxygen atoms in total. The van der Waals surface area contributed by atoms with E-state index in [1.54, 1.807) is 31.8 Å². The van der Waals surface area contributed by atoms with Crippen LogP contribution in [-0.4, -0.2) is 55.2 Å². The Morgan fingerprint density at radius 2 is 1.82 bits per heavy atom. The normalized spacial score (nSPS) is 15.6. The Bertz CT molecular complexity index is 886. The van der Waals surface area contributed by atoms with Crippen LogP contribution in [0.15, 0.2) is 46.4 Å². The predicted octanol–water partition coefficient (Wildman–Crippen LogP) is 3.74. The fourth-order valence-corrected chi connectivity index (χ4v) is 4.13. The SMILES string of the molecule is COc1ccc(OC)c(CN2CCN(Cc3coc(-c4cccs4)n3)CC2)c1. The first-order valence-electron chi connectivity index (χ1n) is 9.39. The summed E-state index contributed by atoms with van der Waals surface area (Å²) in [6.45, 7) is 5.72. The highest BCUT2D eigenvalue weighted by atomic mass is 32.1. The maximum atomic E-state index is 5.63. The van der Waals surface area contributed by atoms with E-state index >= 15 is 0 Å². The number of benzene rings is 1. The zero-order chi connectivity index (χ0) is 19.3. The van der Waals surface area contributed by atoms with Gasteiger partial charge in [-0.05, 0) is 29.6 Å². The van der Waals surface area contributed by atoms with Crippen LogP contribution < -0.4 is 9.47 Å². The number of thiophene rings is 1. The third-order valence-corrected chi connectivity index (χ3v) is 5.87. The summed E-state index contributed by atoms with van der Waals surface area (Å²) < 4.78 is 16.5. The summed E-state index contributed by atoms with van der Waals surface area (Å²) in [7, 11) is 3.41. The first-order valence-corrected chi connectivity index (χ1v) is 10.3. The topological polar surface area (TPSA) is 51.0 Å². The van der Waals surface area contributed by atoms with E-state index in [4.69, 9.17) is 13.9 Å². The van der Waals surface area contributed by atoms with Gasteiger partial charge in [0.1, 0.15) is 17.8 Å². The number of hydrogen-bond acceptors (Lipinski definition) is 7. The van der Waals surface area contributed by atoms with Gasteiger partial charge in [0.15, 0.2) is 0 Å². The number of oxazole rings is 1. The van der Waals surface area contributed by atoms with Gasteiger partial charge >= 0.3 is 0 Å². The molecule has 1 aliphatic rings. The van der Waals surface area contributed by atoms with E-state index in [0.717, 1.165) is 66.9 Å². The fourth-order valence-electron chi connectivity index (χ4n) is 3.47. The van der Waals surface area contributed by atoms with Crippen LogP contribution in [0.5, 0.6) is 11.5 Å². The first kappa shape index (κ1) is 19.0. The van der Waals surface area contributed by atoms with Crippen molar-refractivity contribution >= 4 is 11.3 Å². The molecular weight excluding hydrogens is 374 g/mol. The van der Waals surface area contributed by atoms with Gasteiger partial charge in [0.25, 0.3) is 0 Å². The molecule has 0 aliphatic carbocycles. The Labute approximate surface area is 169 Å². The number of piperazine rings is 1. The molecular formula is C21H25N3O3S. The molecule has 0 saturated carbocycles. The lowest BCUT2D eigenvalue weighted by Crippen LogP contribution is -2.45. The summed E-state index contributed by atoms with van der Waals surface area (Å²) in [5.41, 5.74) is 2.15. The minimum atomic E-state index is 0.716. The van der Waals surface area contributed by atoms with Crippen LogP contribution in [0.4, 0.5) is 0 Å². The van der Waals surface area contributed by atoms with E-state index in [2.05, 4.69) is 20.9 Å². The van der Waals surface area contributed by atoms with Gasteiger partial charge in [-0.2, -0.15) is 0 Å². The molecule has 7 heteroatoms. The van der Waals surface area contributed by atoms with E-state index in [1.807, 2.05) is 29.6 Å². The second-order valence-electron chi connectivity index (χ2n) is 6.85. The molecule has 1 aliphatic heterocycles. The number of aromatic nitrogens is 1. The van der Waals surface area contributed by atoms with E-state index in [-0.39, 0.29) is 0 Å². The molecule has 0 N–H and O–H groups in total. The molecule has 2 aromatic heterocycles. The highest BCUT2D eigenvalue weighted by molar-refractivity contribution is 7.13. The highest BCUT2D eigenvalue weighted by Crippen LogP contribution is 2.26. The molecule has 0 spiro atoms. The number of hydrogen-bond donors (Lipinski definition) is 0. The lowest BCUT2D eigenvalue weighted by Gasteiger charge is -2.34. The summed E-state index contributed by atoms with van der Waals surface area (Å²) in [4.78, 5) is 10.6. The van der Waals surface area contributed by atoms with Crippen molar-refractivity contribution in [1.29, 1.82) is 0 Å². The smallest absolute Gasteiger partial charge is 0.236 e. The van der Waals surface area contributed by atoms with E-state index in [9.17, 15) is 0 Å².